The predicted octanol–water partition coefficient (Wildman–Crippen LogP) is 2.49. The fourth-order valence-electron chi connectivity index (χ4n) is 3.29. The average molecular weight is 270 g/mol. The summed E-state index contributed by atoms with van der Waals surface area (Å²) < 4.78 is 0. The van der Waals surface area contributed by atoms with Crippen molar-refractivity contribution in [2.45, 2.75) is 66.0 Å². The maximum Gasteiger partial charge on any atom is 0.0623 e. The number of likely N-dealkylation sites (tertiary alicyclic amines) is 1. The van der Waals surface area contributed by atoms with E-state index in [1.165, 1.54) is 12.8 Å². The van der Waals surface area contributed by atoms with Crippen LogP contribution in [-0.2, 0) is 0 Å². The number of aliphatic hydroxyl groups is 1. The van der Waals surface area contributed by atoms with Crippen LogP contribution in [-0.4, -0.2) is 47.8 Å². The normalized spacial score (nSPS) is 22.7. The molecule has 114 valence electrons. The number of hydrogen-bond donors (Lipinski definition) is 2. The van der Waals surface area contributed by atoms with Gasteiger partial charge in [0.15, 0.2) is 0 Å². The molecule has 3 nitrogen and oxygen atoms in total. The monoisotopic (exact) mass is 270 g/mol. The molecule has 19 heavy (non-hydrogen) atoms. The molecule has 0 amide bonds. The number of hydrogen-bond acceptors (Lipinski definition) is 3. The Hall–Kier alpha value is -0.120. The van der Waals surface area contributed by atoms with E-state index in [0.717, 1.165) is 25.6 Å². The first-order valence-corrected chi connectivity index (χ1v) is 7.77. The average Bonchev–Trinajstić information content (AvgIpc) is 2.27. The number of nitrogens with one attached hydrogen (secondary N) is 1. The van der Waals surface area contributed by atoms with E-state index < -0.39 is 0 Å². The first-order chi connectivity index (χ1) is 8.66. The molecule has 0 aromatic carbocycles. The van der Waals surface area contributed by atoms with Crippen molar-refractivity contribution >= 4 is 0 Å². The lowest BCUT2D eigenvalue weighted by Crippen LogP contribution is -2.57. The molecular formula is C16H34N2O. The van der Waals surface area contributed by atoms with Gasteiger partial charge in [0.1, 0.15) is 0 Å². The maximum absolute atomic E-state index is 9.66. The lowest BCUT2D eigenvalue weighted by molar-refractivity contribution is 0.0675. The summed E-state index contributed by atoms with van der Waals surface area (Å²) in [4.78, 5) is 2.51. The molecule has 1 saturated heterocycles. The summed E-state index contributed by atoms with van der Waals surface area (Å²) in [7, 11) is 0. The first-order valence-electron chi connectivity index (χ1n) is 7.77. The number of piperidine rings is 1. The lowest BCUT2D eigenvalue weighted by atomic mass is 9.75. The molecule has 0 saturated carbocycles. The van der Waals surface area contributed by atoms with Crippen molar-refractivity contribution < 1.29 is 5.11 Å². The fraction of sp³-hybridized carbons (Fsp3) is 1.00. The van der Waals surface area contributed by atoms with E-state index in [-0.39, 0.29) is 12.1 Å². The van der Waals surface area contributed by atoms with Crippen molar-refractivity contribution in [1.29, 1.82) is 0 Å². The third kappa shape index (κ3) is 5.41. The molecule has 0 aromatic rings. The summed E-state index contributed by atoms with van der Waals surface area (Å²) in [5.74, 6) is 0.835. The zero-order valence-corrected chi connectivity index (χ0v) is 13.8. The van der Waals surface area contributed by atoms with Crippen LogP contribution in [0.15, 0.2) is 0 Å². The van der Waals surface area contributed by atoms with Crippen molar-refractivity contribution in [2.75, 3.05) is 26.2 Å². The van der Waals surface area contributed by atoms with Crippen molar-refractivity contribution in [3.8, 4) is 0 Å². The second-order valence-electron chi connectivity index (χ2n) is 7.93. The van der Waals surface area contributed by atoms with Crippen molar-refractivity contribution in [2.24, 2.45) is 11.3 Å². The summed E-state index contributed by atoms with van der Waals surface area (Å²) >= 11 is 0. The Morgan fingerprint density at radius 3 is 2.05 bits per heavy atom. The molecule has 0 spiro atoms. The molecule has 0 radical (unpaired) electrons. The Morgan fingerprint density at radius 2 is 1.68 bits per heavy atom. The SMILES string of the molecule is CC(C)NC(C)(CO)CN1CCC(C(C)(C)C)CC1. The molecule has 1 aliphatic rings. The molecule has 1 aliphatic heterocycles. The van der Waals surface area contributed by atoms with Gasteiger partial charge in [0.2, 0.25) is 0 Å². The molecule has 2 N–H and O–H groups in total. The highest BCUT2D eigenvalue weighted by molar-refractivity contribution is 4.90. The molecule has 1 heterocycles. The van der Waals surface area contributed by atoms with Gasteiger partial charge < -0.3 is 15.3 Å². The highest BCUT2D eigenvalue weighted by Gasteiger charge is 2.32. The van der Waals surface area contributed by atoms with Crippen LogP contribution >= 0.6 is 0 Å². The summed E-state index contributed by atoms with van der Waals surface area (Å²) in [5, 5.41) is 13.2. The predicted molar refractivity (Wildman–Crippen MR) is 82.4 cm³/mol. The lowest BCUT2D eigenvalue weighted by Gasteiger charge is -2.42. The smallest absolute Gasteiger partial charge is 0.0623 e. The Kier molecular flexibility index (Phi) is 5.84. The van der Waals surface area contributed by atoms with Crippen LogP contribution < -0.4 is 5.32 Å². The van der Waals surface area contributed by atoms with Gasteiger partial charge >= 0.3 is 0 Å². The minimum atomic E-state index is -0.178. The van der Waals surface area contributed by atoms with Crippen LogP contribution in [0.1, 0.15) is 54.4 Å². The van der Waals surface area contributed by atoms with Crippen molar-refractivity contribution in [3.63, 3.8) is 0 Å². The quantitative estimate of drug-likeness (QED) is 0.806. The second kappa shape index (κ2) is 6.55. The number of rotatable bonds is 5. The molecule has 1 unspecified atom stereocenters. The Labute approximate surface area is 119 Å². The van der Waals surface area contributed by atoms with Crippen LogP contribution in [0.4, 0.5) is 0 Å². The third-order valence-electron chi connectivity index (χ3n) is 4.37. The first kappa shape index (κ1) is 16.9. The molecule has 1 rings (SSSR count). The van der Waals surface area contributed by atoms with Gasteiger partial charge in [0, 0.05) is 12.6 Å². The Balaban J connectivity index is 2.47. The van der Waals surface area contributed by atoms with Gasteiger partial charge in [0.25, 0.3) is 0 Å². The number of aliphatic hydroxyl groups excluding tert-OH is 1. The van der Waals surface area contributed by atoms with Gasteiger partial charge in [-0.25, -0.2) is 0 Å². The van der Waals surface area contributed by atoms with Gasteiger partial charge in [-0.3, -0.25) is 0 Å². The number of nitrogens with zero attached hydrogens (tertiary/aromatic N) is 1. The molecule has 1 fully saturated rings. The van der Waals surface area contributed by atoms with Crippen LogP contribution in [0.3, 0.4) is 0 Å². The minimum absolute atomic E-state index is 0.178. The Bertz CT molecular complexity index is 264. The molecule has 1 atom stereocenters. The van der Waals surface area contributed by atoms with Crippen LogP contribution in [0.2, 0.25) is 0 Å². The second-order valence-corrected chi connectivity index (χ2v) is 7.93. The van der Waals surface area contributed by atoms with E-state index in [1.807, 2.05) is 0 Å². The van der Waals surface area contributed by atoms with Crippen LogP contribution in [0, 0.1) is 11.3 Å². The van der Waals surface area contributed by atoms with Gasteiger partial charge in [-0.15, -0.1) is 0 Å². The largest absolute Gasteiger partial charge is 0.394 e. The van der Waals surface area contributed by atoms with E-state index in [4.69, 9.17) is 0 Å². The zero-order chi connectivity index (χ0) is 14.7. The van der Waals surface area contributed by atoms with Gasteiger partial charge in [-0.05, 0) is 44.2 Å². The summed E-state index contributed by atoms with van der Waals surface area (Å²) in [6.07, 6.45) is 2.57. The minimum Gasteiger partial charge on any atom is -0.394 e. The summed E-state index contributed by atoms with van der Waals surface area (Å²) in [5.41, 5.74) is 0.255. The highest BCUT2D eigenvalue weighted by Crippen LogP contribution is 2.34. The fourth-order valence-corrected chi connectivity index (χ4v) is 3.29. The third-order valence-corrected chi connectivity index (χ3v) is 4.37. The van der Waals surface area contributed by atoms with Crippen molar-refractivity contribution in [1.82, 2.24) is 10.2 Å². The molecule has 0 aromatic heterocycles. The van der Waals surface area contributed by atoms with Crippen molar-refractivity contribution in [3.05, 3.63) is 0 Å². The molecule has 3 heteroatoms. The van der Waals surface area contributed by atoms with Gasteiger partial charge in [0.05, 0.1) is 12.1 Å². The summed E-state index contributed by atoms with van der Waals surface area (Å²) in [6, 6.07) is 0.407. The van der Waals surface area contributed by atoms with Crippen LogP contribution in [0.25, 0.3) is 0 Å². The zero-order valence-electron chi connectivity index (χ0n) is 13.8. The van der Waals surface area contributed by atoms with Gasteiger partial charge in [-0.2, -0.15) is 0 Å². The van der Waals surface area contributed by atoms with E-state index >= 15 is 0 Å². The molecular weight excluding hydrogens is 236 g/mol. The van der Waals surface area contributed by atoms with Crippen LogP contribution in [0.5, 0.6) is 0 Å². The van der Waals surface area contributed by atoms with E-state index in [2.05, 4.69) is 51.8 Å². The standard InChI is InChI=1S/C16H34N2O/c1-13(2)17-16(6,12-19)11-18-9-7-14(8-10-18)15(3,4)5/h13-14,17,19H,7-12H2,1-6H3. The van der Waals surface area contributed by atoms with E-state index in [9.17, 15) is 5.11 Å². The van der Waals surface area contributed by atoms with Gasteiger partial charge in [-0.1, -0.05) is 34.6 Å². The molecule has 0 bridgehead atoms. The highest BCUT2D eigenvalue weighted by atomic mass is 16.3. The van der Waals surface area contributed by atoms with E-state index in [1.54, 1.807) is 0 Å². The van der Waals surface area contributed by atoms with E-state index in [0.29, 0.717) is 11.5 Å². The molecule has 0 aliphatic carbocycles. The topological polar surface area (TPSA) is 35.5 Å². The summed E-state index contributed by atoms with van der Waals surface area (Å²) in [6.45, 7) is 16.9. The maximum atomic E-state index is 9.66. The Morgan fingerprint density at radius 1 is 1.16 bits per heavy atom.